The highest BCUT2D eigenvalue weighted by atomic mass is 32.1. The van der Waals surface area contributed by atoms with Gasteiger partial charge in [0, 0.05) is 17.8 Å². The SMILES string of the molecule is CCN(Cc1cccs1)C(=O)Cc1ccc2c(c1)CCO2. The molecule has 0 bridgehead atoms. The maximum atomic E-state index is 12.5. The lowest BCUT2D eigenvalue weighted by Crippen LogP contribution is -2.31. The second-order valence-electron chi connectivity index (χ2n) is 5.20. The van der Waals surface area contributed by atoms with Crippen LogP contribution in [0.3, 0.4) is 0 Å². The van der Waals surface area contributed by atoms with Gasteiger partial charge in [-0.25, -0.2) is 0 Å². The third kappa shape index (κ3) is 3.27. The molecule has 21 heavy (non-hydrogen) atoms. The lowest BCUT2D eigenvalue weighted by atomic mass is 10.1. The number of amides is 1. The minimum atomic E-state index is 0.185. The van der Waals surface area contributed by atoms with Crippen LogP contribution in [0.4, 0.5) is 0 Å². The molecule has 1 aliphatic heterocycles. The van der Waals surface area contributed by atoms with Gasteiger partial charge in [-0.1, -0.05) is 18.2 Å². The van der Waals surface area contributed by atoms with E-state index in [9.17, 15) is 4.79 Å². The van der Waals surface area contributed by atoms with Crippen molar-refractivity contribution in [1.29, 1.82) is 0 Å². The van der Waals surface area contributed by atoms with Gasteiger partial charge in [0.1, 0.15) is 5.75 Å². The molecule has 3 nitrogen and oxygen atoms in total. The lowest BCUT2D eigenvalue weighted by molar-refractivity contribution is -0.130. The minimum Gasteiger partial charge on any atom is -0.493 e. The van der Waals surface area contributed by atoms with Gasteiger partial charge in [-0.3, -0.25) is 4.79 Å². The monoisotopic (exact) mass is 301 g/mol. The fourth-order valence-corrected chi connectivity index (χ4v) is 3.32. The normalized spacial score (nSPS) is 12.8. The molecule has 110 valence electrons. The smallest absolute Gasteiger partial charge is 0.227 e. The van der Waals surface area contributed by atoms with Crippen LogP contribution < -0.4 is 4.74 Å². The summed E-state index contributed by atoms with van der Waals surface area (Å²) in [5.74, 6) is 1.15. The van der Waals surface area contributed by atoms with Crippen molar-refractivity contribution >= 4 is 17.2 Å². The van der Waals surface area contributed by atoms with Crippen LogP contribution in [0.15, 0.2) is 35.7 Å². The molecule has 0 atom stereocenters. The molecule has 2 heterocycles. The van der Waals surface area contributed by atoms with Gasteiger partial charge in [0.05, 0.1) is 19.6 Å². The van der Waals surface area contributed by atoms with Gasteiger partial charge in [0.2, 0.25) is 5.91 Å². The van der Waals surface area contributed by atoms with Gasteiger partial charge < -0.3 is 9.64 Å². The van der Waals surface area contributed by atoms with Crippen LogP contribution in [0.2, 0.25) is 0 Å². The quantitative estimate of drug-likeness (QED) is 0.848. The first-order valence-corrected chi connectivity index (χ1v) is 8.19. The Balaban J connectivity index is 1.66. The average molecular weight is 301 g/mol. The molecule has 1 amide bonds. The van der Waals surface area contributed by atoms with Gasteiger partial charge in [0.15, 0.2) is 0 Å². The van der Waals surface area contributed by atoms with Crippen molar-refractivity contribution in [2.75, 3.05) is 13.2 Å². The van der Waals surface area contributed by atoms with Crippen molar-refractivity contribution in [1.82, 2.24) is 4.90 Å². The van der Waals surface area contributed by atoms with Crippen LogP contribution in [0.1, 0.15) is 22.9 Å². The molecular formula is C17H19NO2S. The first-order chi connectivity index (χ1) is 10.3. The Labute approximate surface area is 129 Å². The summed E-state index contributed by atoms with van der Waals surface area (Å²) >= 11 is 1.70. The predicted octanol–water partition coefficient (Wildman–Crippen LogP) is 3.27. The Morgan fingerprint density at radius 1 is 1.38 bits per heavy atom. The summed E-state index contributed by atoms with van der Waals surface area (Å²) in [6, 6.07) is 10.2. The van der Waals surface area contributed by atoms with Crippen molar-refractivity contribution in [2.45, 2.75) is 26.3 Å². The first-order valence-electron chi connectivity index (χ1n) is 7.31. The Kier molecular flexibility index (Phi) is 4.25. The number of hydrogen-bond donors (Lipinski definition) is 0. The van der Waals surface area contributed by atoms with E-state index < -0.39 is 0 Å². The van der Waals surface area contributed by atoms with Gasteiger partial charge in [-0.2, -0.15) is 0 Å². The molecule has 1 aromatic carbocycles. The fourth-order valence-electron chi connectivity index (χ4n) is 2.60. The molecular weight excluding hydrogens is 282 g/mol. The maximum absolute atomic E-state index is 12.5. The van der Waals surface area contributed by atoms with Crippen LogP contribution in [0.25, 0.3) is 0 Å². The summed E-state index contributed by atoms with van der Waals surface area (Å²) in [6.45, 7) is 4.24. The van der Waals surface area contributed by atoms with Crippen LogP contribution in [0.5, 0.6) is 5.75 Å². The predicted molar refractivity (Wildman–Crippen MR) is 84.8 cm³/mol. The van der Waals surface area contributed by atoms with E-state index in [0.29, 0.717) is 13.0 Å². The highest BCUT2D eigenvalue weighted by Crippen LogP contribution is 2.26. The Morgan fingerprint density at radius 3 is 3.05 bits per heavy atom. The van der Waals surface area contributed by atoms with E-state index in [-0.39, 0.29) is 5.91 Å². The Bertz CT molecular complexity index is 622. The number of hydrogen-bond acceptors (Lipinski definition) is 3. The fraction of sp³-hybridized carbons (Fsp3) is 0.353. The van der Waals surface area contributed by atoms with Crippen molar-refractivity contribution in [3.63, 3.8) is 0 Å². The van der Waals surface area contributed by atoms with Gasteiger partial charge in [0.25, 0.3) is 0 Å². The molecule has 0 saturated carbocycles. The van der Waals surface area contributed by atoms with E-state index in [1.165, 1.54) is 10.4 Å². The van der Waals surface area contributed by atoms with Gasteiger partial charge >= 0.3 is 0 Å². The molecule has 0 unspecified atom stereocenters. The number of ether oxygens (including phenoxy) is 1. The number of likely N-dealkylation sites (N-methyl/N-ethyl adjacent to an activating group) is 1. The first kappa shape index (κ1) is 14.1. The molecule has 0 saturated heterocycles. The third-order valence-corrected chi connectivity index (χ3v) is 4.63. The molecule has 0 N–H and O–H groups in total. The van der Waals surface area contributed by atoms with E-state index >= 15 is 0 Å². The molecule has 0 aliphatic carbocycles. The van der Waals surface area contributed by atoms with E-state index in [1.54, 1.807) is 11.3 Å². The number of carbonyl (C=O) groups is 1. The zero-order valence-electron chi connectivity index (χ0n) is 12.2. The largest absolute Gasteiger partial charge is 0.493 e. The number of carbonyl (C=O) groups excluding carboxylic acids is 1. The van der Waals surface area contributed by atoms with Crippen LogP contribution in [0, 0.1) is 0 Å². The van der Waals surface area contributed by atoms with Crippen LogP contribution in [-0.4, -0.2) is 24.0 Å². The maximum Gasteiger partial charge on any atom is 0.227 e. The second kappa shape index (κ2) is 6.31. The molecule has 1 aliphatic rings. The van der Waals surface area contributed by atoms with Crippen molar-refractivity contribution in [2.24, 2.45) is 0 Å². The van der Waals surface area contributed by atoms with Gasteiger partial charge in [-0.05, 0) is 35.6 Å². The minimum absolute atomic E-state index is 0.185. The number of rotatable bonds is 5. The molecule has 3 rings (SSSR count). The topological polar surface area (TPSA) is 29.5 Å². The van der Waals surface area contributed by atoms with E-state index in [4.69, 9.17) is 4.74 Å². The molecule has 0 radical (unpaired) electrons. The van der Waals surface area contributed by atoms with Crippen LogP contribution in [-0.2, 0) is 24.2 Å². The Morgan fingerprint density at radius 2 is 2.29 bits per heavy atom. The zero-order chi connectivity index (χ0) is 14.7. The van der Waals surface area contributed by atoms with Gasteiger partial charge in [-0.15, -0.1) is 11.3 Å². The lowest BCUT2D eigenvalue weighted by Gasteiger charge is -2.20. The summed E-state index contributed by atoms with van der Waals surface area (Å²) in [7, 11) is 0. The van der Waals surface area contributed by atoms with Crippen molar-refractivity contribution < 1.29 is 9.53 Å². The molecule has 1 aromatic heterocycles. The number of benzene rings is 1. The summed E-state index contributed by atoms with van der Waals surface area (Å²) in [5.41, 5.74) is 2.30. The standard InChI is InChI=1S/C17H19NO2S/c1-2-18(12-15-4-3-9-21-15)17(19)11-13-5-6-16-14(10-13)7-8-20-16/h3-6,9-10H,2,7-8,11-12H2,1H3. The summed E-state index contributed by atoms with van der Waals surface area (Å²) in [4.78, 5) is 15.6. The molecule has 4 heteroatoms. The molecule has 0 fully saturated rings. The number of fused-ring (bicyclic) bond motifs is 1. The summed E-state index contributed by atoms with van der Waals surface area (Å²) in [6.07, 6.45) is 1.41. The average Bonchev–Trinajstić information content (AvgIpc) is 3.15. The van der Waals surface area contributed by atoms with Crippen LogP contribution >= 0.6 is 11.3 Å². The second-order valence-corrected chi connectivity index (χ2v) is 6.24. The summed E-state index contributed by atoms with van der Waals surface area (Å²) < 4.78 is 5.50. The number of nitrogens with zero attached hydrogens (tertiary/aromatic N) is 1. The summed E-state index contributed by atoms with van der Waals surface area (Å²) in [5, 5.41) is 2.05. The number of thiophene rings is 1. The van der Waals surface area contributed by atoms with E-state index in [0.717, 1.165) is 30.9 Å². The third-order valence-electron chi connectivity index (χ3n) is 3.77. The Hall–Kier alpha value is -1.81. The van der Waals surface area contributed by atoms with E-state index in [2.05, 4.69) is 12.1 Å². The zero-order valence-corrected chi connectivity index (χ0v) is 13.0. The molecule has 0 spiro atoms. The highest BCUT2D eigenvalue weighted by molar-refractivity contribution is 7.09. The molecule has 2 aromatic rings. The van der Waals surface area contributed by atoms with Crippen molar-refractivity contribution in [3.8, 4) is 5.75 Å². The van der Waals surface area contributed by atoms with E-state index in [1.807, 2.05) is 35.4 Å². The highest BCUT2D eigenvalue weighted by Gasteiger charge is 2.16. The van der Waals surface area contributed by atoms with Crippen molar-refractivity contribution in [3.05, 3.63) is 51.7 Å².